The lowest BCUT2D eigenvalue weighted by atomic mass is 9.94. The summed E-state index contributed by atoms with van der Waals surface area (Å²) in [6.45, 7) is 4.39. The van der Waals surface area contributed by atoms with Crippen LogP contribution in [-0.4, -0.2) is 29.9 Å². The summed E-state index contributed by atoms with van der Waals surface area (Å²) in [6.07, 6.45) is 0. The first-order valence-electron chi connectivity index (χ1n) is 11.7. The standard InChI is InChI=1S/C28H26N4O4/c1-4-35-23-16-12-21(13-17-23)32-18(2)24(25(29-28(32)33)19-8-6-5-7-9-19)27-30-26(31-36-27)20-10-14-22(34-3)15-11-20/h5-17,25H,4H2,1-3H3,(H,29,33). The highest BCUT2D eigenvalue weighted by Gasteiger charge is 2.36. The quantitative estimate of drug-likeness (QED) is 0.356. The average molecular weight is 483 g/mol. The number of carbonyl (C=O) groups excluding carboxylic acids is 1. The van der Waals surface area contributed by atoms with Crippen LogP contribution in [0.5, 0.6) is 11.5 Å². The van der Waals surface area contributed by atoms with Crippen LogP contribution in [-0.2, 0) is 0 Å². The molecule has 1 aliphatic rings. The lowest BCUT2D eigenvalue weighted by molar-refractivity contribution is 0.244. The zero-order valence-corrected chi connectivity index (χ0v) is 20.3. The van der Waals surface area contributed by atoms with Gasteiger partial charge >= 0.3 is 6.03 Å². The Morgan fingerprint density at radius 2 is 1.67 bits per heavy atom. The van der Waals surface area contributed by atoms with Gasteiger partial charge in [-0.3, -0.25) is 4.90 Å². The van der Waals surface area contributed by atoms with Gasteiger partial charge in [-0.05, 0) is 67.9 Å². The second-order valence-electron chi connectivity index (χ2n) is 8.21. The number of aromatic nitrogens is 2. The molecule has 0 fully saturated rings. The second kappa shape index (κ2) is 9.95. The number of amides is 2. The number of nitrogens with zero attached hydrogens (tertiary/aromatic N) is 3. The van der Waals surface area contributed by atoms with E-state index in [2.05, 4.69) is 10.5 Å². The van der Waals surface area contributed by atoms with E-state index in [0.717, 1.165) is 28.2 Å². The van der Waals surface area contributed by atoms with Crippen LogP contribution in [0, 0.1) is 0 Å². The molecule has 5 rings (SSSR count). The van der Waals surface area contributed by atoms with Crippen molar-refractivity contribution in [3.05, 3.63) is 96.0 Å². The molecule has 8 nitrogen and oxygen atoms in total. The molecule has 0 bridgehead atoms. The van der Waals surface area contributed by atoms with Gasteiger partial charge in [-0.25, -0.2) is 4.79 Å². The third-order valence-corrected chi connectivity index (χ3v) is 6.03. The van der Waals surface area contributed by atoms with Crippen LogP contribution in [0.1, 0.15) is 31.3 Å². The SMILES string of the molecule is CCOc1ccc(N2C(=O)NC(c3ccccc3)C(c3nc(-c4ccc(OC)cc4)no3)=C2C)cc1. The fourth-order valence-electron chi connectivity index (χ4n) is 4.27. The maximum absolute atomic E-state index is 13.3. The van der Waals surface area contributed by atoms with Gasteiger partial charge < -0.3 is 19.3 Å². The first-order valence-corrected chi connectivity index (χ1v) is 11.7. The average Bonchev–Trinajstić information content (AvgIpc) is 3.40. The summed E-state index contributed by atoms with van der Waals surface area (Å²) >= 11 is 0. The van der Waals surface area contributed by atoms with Crippen LogP contribution in [0.25, 0.3) is 17.0 Å². The van der Waals surface area contributed by atoms with Crippen LogP contribution in [0.2, 0.25) is 0 Å². The van der Waals surface area contributed by atoms with Crippen LogP contribution in [0.15, 0.2) is 89.1 Å². The molecule has 0 saturated carbocycles. The third kappa shape index (κ3) is 4.40. The Morgan fingerprint density at radius 1 is 0.972 bits per heavy atom. The zero-order valence-electron chi connectivity index (χ0n) is 20.3. The topological polar surface area (TPSA) is 89.7 Å². The fraction of sp³-hybridized carbons (Fsp3) is 0.179. The largest absolute Gasteiger partial charge is 0.497 e. The molecule has 0 aliphatic carbocycles. The lowest BCUT2D eigenvalue weighted by Gasteiger charge is -2.35. The summed E-state index contributed by atoms with van der Waals surface area (Å²) in [5, 5.41) is 7.34. The third-order valence-electron chi connectivity index (χ3n) is 6.03. The van der Waals surface area contributed by atoms with Crippen LogP contribution in [0.3, 0.4) is 0 Å². The van der Waals surface area contributed by atoms with Crippen molar-refractivity contribution in [1.82, 2.24) is 15.5 Å². The van der Waals surface area contributed by atoms with Gasteiger partial charge in [0, 0.05) is 11.3 Å². The smallest absolute Gasteiger partial charge is 0.326 e. The molecular formula is C28H26N4O4. The van der Waals surface area contributed by atoms with E-state index in [9.17, 15) is 4.79 Å². The van der Waals surface area contributed by atoms with Crippen molar-refractivity contribution in [1.29, 1.82) is 0 Å². The van der Waals surface area contributed by atoms with Gasteiger partial charge in [0.1, 0.15) is 11.5 Å². The maximum atomic E-state index is 13.3. The number of allylic oxidation sites excluding steroid dienone is 1. The monoisotopic (exact) mass is 482 g/mol. The summed E-state index contributed by atoms with van der Waals surface area (Å²) in [5.41, 5.74) is 3.83. The molecule has 182 valence electrons. The second-order valence-corrected chi connectivity index (χ2v) is 8.21. The molecule has 8 heteroatoms. The molecule has 1 aromatic heterocycles. The first-order chi connectivity index (χ1) is 17.6. The maximum Gasteiger partial charge on any atom is 0.326 e. The van der Waals surface area contributed by atoms with E-state index in [1.54, 1.807) is 12.0 Å². The molecule has 1 unspecified atom stereocenters. The van der Waals surface area contributed by atoms with E-state index in [1.165, 1.54) is 0 Å². The molecule has 0 saturated heterocycles. The van der Waals surface area contributed by atoms with E-state index in [4.69, 9.17) is 19.0 Å². The Kier molecular flexibility index (Phi) is 6.40. The van der Waals surface area contributed by atoms with E-state index in [-0.39, 0.29) is 6.03 Å². The van der Waals surface area contributed by atoms with Crippen molar-refractivity contribution in [2.45, 2.75) is 19.9 Å². The van der Waals surface area contributed by atoms with E-state index in [0.29, 0.717) is 29.7 Å². The highest BCUT2D eigenvalue weighted by molar-refractivity contribution is 6.01. The minimum Gasteiger partial charge on any atom is -0.497 e. The van der Waals surface area contributed by atoms with Crippen molar-refractivity contribution >= 4 is 17.3 Å². The molecule has 2 heterocycles. The van der Waals surface area contributed by atoms with Crippen LogP contribution < -0.4 is 19.7 Å². The van der Waals surface area contributed by atoms with Gasteiger partial charge in [-0.2, -0.15) is 4.98 Å². The molecule has 3 aromatic carbocycles. The van der Waals surface area contributed by atoms with E-state index < -0.39 is 6.04 Å². The van der Waals surface area contributed by atoms with Crippen LogP contribution >= 0.6 is 0 Å². The molecule has 1 N–H and O–H groups in total. The molecule has 1 aliphatic heterocycles. The number of rotatable bonds is 7. The van der Waals surface area contributed by atoms with Gasteiger partial charge in [-0.15, -0.1) is 0 Å². The minimum atomic E-state index is -0.457. The van der Waals surface area contributed by atoms with Crippen molar-refractivity contribution in [2.24, 2.45) is 0 Å². The van der Waals surface area contributed by atoms with E-state index in [1.807, 2.05) is 92.7 Å². The van der Waals surface area contributed by atoms with Gasteiger partial charge in [0.2, 0.25) is 5.82 Å². The van der Waals surface area contributed by atoms with Crippen molar-refractivity contribution < 1.29 is 18.8 Å². The summed E-state index contributed by atoms with van der Waals surface area (Å²) < 4.78 is 16.6. The highest BCUT2D eigenvalue weighted by Crippen LogP contribution is 2.39. The van der Waals surface area contributed by atoms with Crippen molar-refractivity contribution in [3.63, 3.8) is 0 Å². The molecule has 0 spiro atoms. The summed E-state index contributed by atoms with van der Waals surface area (Å²) in [4.78, 5) is 19.7. The molecule has 1 atom stereocenters. The zero-order chi connectivity index (χ0) is 25.1. The first kappa shape index (κ1) is 23.2. The summed E-state index contributed by atoms with van der Waals surface area (Å²) in [6, 6.07) is 23.9. The van der Waals surface area contributed by atoms with Crippen LogP contribution in [0.4, 0.5) is 10.5 Å². The Hall–Kier alpha value is -4.59. The van der Waals surface area contributed by atoms with Gasteiger partial charge in [0.15, 0.2) is 0 Å². The molecule has 4 aromatic rings. The van der Waals surface area contributed by atoms with Gasteiger partial charge in [0.05, 0.1) is 31.0 Å². The van der Waals surface area contributed by atoms with E-state index >= 15 is 0 Å². The molecule has 0 radical (unpaired) electrons. The molecule has 36 heavy (non-hydrogen) atoms. The summed E-state index contributed by atoms with van der Waals surface area (Å²) in [7, 11) is 1.62. The Balaban J connectivity index is 1.59. The molecular weight excluding hydrogens is 456 g/mol. The normalized spacial score (nSPS) is 15.6. The van der Waals surface area contributed by atoms with Crippen molar-refractivity contribution in [3.8, 4) is 22.9 Å². The number of benzene rings is 3. The van der Waals surface area contributed by atoms with Gasteiger partial charge in [-0.1, -0.05) is 35.5 Å². The number of ether oxygens (including phenoxy) is 2. The Morgan fingerprint density at radius 3 is 2.33 bits per heavy atom. The van der Waals surface area contributed by atoms with Crippen molar-refractivity contribution in [2.75, 3.05) is 18.6 Å². The lowest BCUT2D eigenvalue weighted by Crippen LogP contribution is -2.46. The summed E-state index contributed by atoms with van der Waals surface area (Å²) in [5.74, 6) is 2.27. The predicted molar refractivity (Wildman–Crippen MR) is 137 cm³/mol. The number of nitrogens with one attached hydrogen (secondary N) is 1. The fourth-order valence-corrected chi connectivity index (χ4v) is 4.27. The Labute approximate surface area is 209 Å². The Bertz CT molecular complexity index is 1380. The number of carbonyl (C=O) groups is 1. The number of hydrogen-bond donors (Lipinski definition) is 1. The highest BCUT2D eigenvalue weighted by atomic mass is 16.5. The predicted octanol–water partition coefficient (Wildman–Crippen LogP) is 5.85. The number of anilines is 1. The number of hydrogen-bond acceptors (Lipinski definition) is 6. The van der Waals surface area contributed by atoms with Gasteiger partial charge in [0.25, 0.3) is 5.89 Å². The minimum absolute atomic E-state index is 0.246. The number of urea groups is 1. The number of methoxy groups -OCH3 is 1. The molecule has 2 amide bonds.